The van der Waals surface area contributed by atoms with Crippen LogP contribution in [0.25, 0.3) is 0 Å². The van der Waals surface area contributed by atoms with Crippen molar-refractivity contribution >= 4 is 28.7 Å². The highest BCUT2D eigenvalue weighted by atomic mass is 127. The number of carbonyl (C=O) groups excluding carboxylic acids is 1. The lowest BCUT2D eigenvalue weighted by atomic mass is 10.1. The number of nitrogens with one attached hydrogen (secondary N) is 1. The van der Waals surface area contributed by atoms with Crippen LogP contribution < -0.4 is 0 Å². The van der Waals surface area contributed by atoms with Gasteiger partial charge in [-0.05, 0) is 34.6 Å². The summed E-state index contributed by atoms with van der Waals surface area (Å²) < 4.78 is 6.34. The predicted octanol–water partition coefficient (Wildman–Crippen LogP) is 2.71. The smallest absolute Gasteiger partial charge is 0.410 e. The van der Waals surface area contributed by atoms with Crippen LogP contribution in [-0.4, -0.2) is 27.7 Å². The standard InChI is InChI=1S/C14H14IN3O2/c15-13-11-6-7-18(8-12(11)16-17-13)14(19)20-9-10-4-2-1-3-5-10/h1-5H,6-9H2,(H,16,17). The first kappa shape index (κ1) is 13.4. The first-order chi connectivity index (χ1) is 9.74. The number of carbonyl (C=O) groups is 1. The summed E-state index contributed by atoms with van der Waals surface area (Å²) in [5.41, 5.74) is 3.23. The fourth-order valence-corrected chi connectivity index (χ4v) is 2.96. The Hall–Kier alpha value is -1.57. The molecule has 20 heavy (non-hydrogen) atoms. The average Bonchev–Trinajstić information content (AvgIpc) is 2.87. The number of fused-ring (bicyclic) bond motifs is 1. The molecule has 1 aromatic carbocycles. The maximum atomic E-state index is 12.1. The molecule has 0 bridgehead atoms. The molecule has 1 aliphatic heterocycles. The highest BCUT2D eigenvalue weighted by Crippen LogP contribution is 2.21. The molecule has 1 aliphatic rings. The minimum Gasteiger partial charge on any atom is -0.445 e. The van der Waals surface area contributed by atoms with E-state index in [2.05, 4.69) is 32.8 Å². The largest absolute Gasteiger partial charge is 0.445 e. The summed E-state index contributed by atoms with van der Waals surface area (Å²) in [6.07, 6.45) is 0.550. The van der Waals surface area contributed by atoms with Crippen LogP contribution in [0.5, 0.6) is 0 Å². The number of aromatic nitrogens is 2. The van der Waals surface area contributed by atoms with E-state index < -0.39 is 0 Å². The Labute approximate surface area is 130 Å². The van der Waals surface area contributed by atoms with Gasteiger partial charge in [0, 0.05) is 12.1 Å². The van der Waals surface area contributed by atoms with Gasteiger partial charge in [-0.3, -0.25) is 5.10 Å². The number of hydrogen-bond donors (Lipinski definition) is 1. The van der Waals surface area contributed by atoms with Crippen LogP contribution in [0, 0.1) is 3.70 Å². The molecule has 0 unspecified atom stereocenters. The highest BCUT2D eigenvalue weighted by Gasteiger charge is 2.25. The molecule has 2 aromatic rings. The second kappa shape index (κ2) is 5.82. The SMILES string of the molecule is O=C(OCc1ccccc1)N1CCc2c(I)n[nH]c2C1. The Kier molecular flexibility index (Phi) is 3.90. The van der Waals surface area contributed by atoms with Crippen molar-refractivity contribution in [1.29, 1.82) is 0 Å². The summed E-state index contributed by atoms with van der Waals surface area (Å²) in [5.74, 6) is 0. The first-order valence-electron chi connectivity index (χ1n) is 6.41. The molecule has 2 heterocycles. The third kappa shape index (κ3) is 2.79. The Bertz CT molecular complexity index is 612. The van der Waals surface area contributed by atoms with Crippen LogP contribution >= 0.6 is 22.6 Å². The van der Waals surface area contributed by atoms with E-state index in [1.165, 1.54) is 5.56 Å². The van der Waals surface area contributed by atoms with E-state index in [9.17, 15) is 4.79 Å². The molecule has 0 atom stereocenters. The second-order valence-electron chi connectivity index (χ2n) is 4.68. The van der Waals surface area contributed by atoms with E-state index in [0.29, 0.717) is 19.7 Å². The van der Waals surface area contributed by atoms with Crippen molar-refractivity contribution in [3.05, 3.63) is 50.9 Å². The molecule has 0 fully saturated rings. The van der Waals surface area contributed by atoms with Crippen molar-refractivity contribution < 1.29 is 9.53 Å². The number of aromatic amines is 1. The third-order valence-corrected chi connectivity index (χ3v) is 4.24. The zero-order chi connectivity index (χ0) is 13.9. The van der Waals surface area contributed by atoms with Gasteiger partial charge in [0.2, 0.25) is 0 Å². The number of benzene rings is 1. The quantitative estimate of drug-likeness (QED) is 0.812. The van der Waals surface area contributed by atoms with Gasteiger partial charge in [-0.15, -0.1) is 0 Å². The molecule has 1 amide bonds. The number of ether oxygens (including phenoxy) is 1. The minimum absolute atomic E-state index is 0.274. The number of H-pyrrole nitrogens is 1. The summed E-state index contributed by atoms with van der Waals surface area (Å²) in [4.78, 5) is 13.8. The molecule has 1 N–H and O–H groups in total. The Morgan fingerprint density at radius 2 is 2.20 bits per heavy atom. The molecular formula is C14H14IN3O2. The molecule has 0 spiro atoms. The van der Waals surface area contributed by atoms with Crippen molar-refractivity contribution in [1.82, 2.24) is 15.1 Å². The topological polar surface area (TPSA) is 58.2 Å². The van der Waals surface area contributed by atoms with Crippen LogP contribution in [0.3, 0.4) is 0 Å². The fourth-order valence-electron chi connectivity index (χ4n) is 2.24. The van der Waals surface area contributed by atoms with Crippen molar-refractivity contribution in [2.24, 2.45) is 0 Å². The molecule has 104 valence electrons. The lowest BCUT2D eigenvalue weighted by Crippen LogP contribution is -2.36. The monoisotopic (exact) mass is 383 g/mol. The van der Waals surface area contributed by atoms with Crippen LogP contribution in [0.1, 0.15) is 16.8 Å². The van der Waals surface area contributed by atoms with Gasteiger partial charge >= 0.3 is 6.09 Å². The van der Waals surface area contributed by atoms with Gasteiger partial charge in [-0.1, -0.05) is 30.3 Å². The molecular weight excluding hydrogens is 369 g/mol. The van der Waals surface area contributed by atoms with E-state index in [1.807, 2.05) is 30.3 Å². The van der Waals surface area contributed by atoms with Gasteiger partial charge in [0.05, 0.1) is 12.2 Å². The van der Waals surface area contributed by atoms with E-state index in [4.69, 9.17) is 4.74 Å². The van der Waals surface area contributed by atoms with E-state index in [0.717, 1.165) is 21.4 Å². The normalized spacial score (nSPS) is 13.9. The van der Waals surface area contributed by atoms with Crippen LogP contribution in [0.15, 0.2) is 30.3 Å². The van der Waals surface area contributed by atoms with Gasteiger partial charge in [-0.2, -0.15) is 5.10 Å². The minimum atomic E-state index is -0.274. The molecule has 0 aliphatic carbocycles. The molecule has 0 saturated carbocycles. The Morgan fingerprint density at radius 1 is 1.40 bits per heavy atom. The van der Waals surface area contributed by atoms with E-state index >= 15 is 0 Å². The lowest BCUT2D eigenvalue weighted by Gasteiger charge is -2.25. The van der Waals surface area contributed by atoms with Gasteiger partial charge < -0.3 is 9.64 Å². The summed E-state index contributed by atoms with van der Waals surface area (Å²) in [6, 6.07) is 9.70. The third-order valence-electron chi connectivity index (χ3n) is 3.35. The van der Waals surface area contributed by atoms with Crippen molar-refractivity contribution in [3.8, 4) is 0 Å². The number of rotatable bonds is 2. The maximum absolute atomic E-state index is 12.1. The second-order valence-corrected chi connectivity index (χ2v) is 5.71. The lowest BCUT2D eigenvalue weighted by molar-refractivity contribution is 0.0914. The molecule has 5 nitrogen and oxygen atoms in total. The molecule has 0 radical (unpaired) electrons. The van der Waals surface area contributed by atoms with Gasteiger partial charge in [-0.25, -0.2) is 4.79 Å². The average molecular weight is 383 g/mol. The van der Waals surface area contributed by atoms with Crippen molar-refractivity contribution in [2.75, 3.05) is 6.54 Å². The Morgan fingerprint density at radius 3 is 3.00 bits per heavy atom. The highest BCUT2D eigenvalue weighted by molar-refractivity contribution is 14.1. The van der Waals surface area contributed by atoms with Crippen molar-refractivity contribution in [2.45, 2.75) is 19.6 Å². The summed E-state index contributed by atoms with van der Waals surface area (Å²) >= 11 is 2.21. The van der Waals surface area contributed by atoms with Crippen LogP contribution in [-0.2, 0) is 24.3 Å². The molecule has 0 saturated heterocycles. The zero-order valence-electron chi connectivity index (χ0n) is 10.8. The van der Waals surface area contributed by atoms with Gasteiger partial charge in [0.1, 0.15) is 10.3 Å². The number of hydrogen-bond acceptors (Lipinski definition) is 3. The summed E-state index contributed by atoms with van der Waals surface area (Å²) in [6.45, 7) is 1.53. The number of amides is 1. The van der Waals surface area contributed by atoms with Gasteiger partial charge in [0.25, 0.3) is 0 Å². The molecule has 1 aromatic heterocycles. The fraction of sp³-hybridized carbons (Fsp3) is 0.286. The summed E-state index contributed by atoms with van der Waals surface area (Å²) in [5, 5.41) is 7.15. The maximum Gasteiger partial charge on any atom is 0.410 e. The van der Waals surface area contributed by atoms with Crippen molar-refractivity contribution in [3.63, 3.8) is 0 Å². The van der Waals surface area contributed by atoms with Crippen LogP contribution in [0.4, 0.5) is 4.79 Å². The predicted molar refractivity (Wildman–Crippen MR) is 82.0 cm³/mol. The molecule has 6 heteroatoms. The van der Waals surface area contributed by atoms with E-state index in [-0.39, 0.29) is 6.09 Å². The summed E-state index contributed by atoms with van der Waals surface area (Å²) in [7, 11) is 0. The zero-order valence-corrected chi connectivity index (χ0v) is 13.0. The van der Waals surface area contributed by atoms with Gasteiger partial charge in [0.15, 0.2) is 0 Å². The number of nitrogens with zero attached hydrogens (tertiary/aromatic N) is 2. The first-order valence-corrected chi connectivity index (χ1v) is 7.49. The van der Waals surface area contributed by atoms with Crippen LogP contribution in [0.2, 0.25) is 0 Å². The molecule has 3 rings (SSSR count). The Balaban J connectivity index is 1.59. The van der Waals surface area contributed by atoms with E-state index in [1.54, 1.807) is 4.90 Å². The number of halogens is 1.